The molecule has 66 valence electrons. The molecule has 0 spiro atoms. The molecule has 1 rings (SSSR count). The van der Waals surface area contributed by atoms with Crippen LogP contribution in [-0.4, -0.2) is 10.7 Å². The third kappa shape index (κ3) is 2.57. The molecule has 0 aromatic carbocycles. The van der Waals surface area contributed by atoms with E-state index in [2.05, 4.69) is 11.9 Å². The number of thioether (sulfide) groups is 1. The van der Waals surface area contributed by atoms with Crippen molar-refractivity contribution in [2.45, 2.75) is 18.4 Å². The van der Waals surface area contributed by atoms with Gasteiger partial charge in [-0.15, -0.1) is 11.8 Å². The summed E-state index contributed by atoms with van der Waals surface area (Å²) in [6.07, 6.45) is 2.75. The molecular formula is C8H11ClN2S. The monoisotopic (exact) mass is 202 g/mol. The van der Waals surface area contributed by atoms with Crippen LogP contribution >= 0.6 is 23.4 Å². The van der Waals surface area contributed by atoms with Crippen molar-refractivity contribution in [1.82, 2.24) is 4.98 Å². The summed E-state index contributed by atoms with van der Waals surface area (Å²) >= 11 is 7.56. The maximum Gasteiger partial charge on any atom is 0.115 e. The van der Waals surface area contributed by atoms with Crippen LogP contribution in [0.2, 0.25) is 5.02 Å². The summed E-state index contributed by atoms with van der Waals surface area (Å²) in [6.45, 7) is 2.12. The maximum atomic E-state index is 5.90. The van der Waals surface area contributed by atoms with Gasteiger partial charge in [0, 0.05) is 0 Å². The van der Waals surface area contributed by atoms with Gasteiger partial charge >= 0.3 is 0 Å². The van der Waals surface area contributed by atoms with Crippen LogP contribution in [0.3, 0.4) is 0 Å². The molecule has 2 N–H and O–H groups in total. The minimum Gasteiger partial charge on any atom is -0.397 e. The van der Waals surface area contributed by atoms with Gasteiger partial charge in [-0.05, 0) is 18.2 Å². The van der Waals surface area contributed by atoms with E-state index in [1.165, 1.54) is 0 Å². The molecule has 1 aromatic rings. The van der Waals surface area contributed by atoms with Crippen molar-refractivity contribution < 1.29 is 0 Å². The minimum atomic E-state index is 0.612. The molecule has 0 radical (unpaired) electrons. The molecule has 0 saturated heterocycles. The Kier molecular flexibility index (Phi) is 3.69. The van der Waals surface area contributed by atoms with E-state index in [1.54, 1.807) is 24.0 Å². The van der Waals surface area contributed by atoms with E-state index in [1.807, 2.05) is 0 Å². The van der Waals surface area contributed by atoms with Gasteiger partial charge in [-0.2, -0.15) is 0 Å². The van der Waals surface area contributed by atoms with Crippen LogP contribution in [-0.2, 0) is 0 Å². The van der Waals surface area contributed by atoms with E-state index >= 15 is 0 Å². The highest BCUT2D eigenvalue weighted by atomic mass is 35.5. The first kappa shape index (κ1) is 9.68. The molecule has 0 fully saturated rings. The first-order valence-corrected chi connectivity index (χ1v) is 5.14. The Balaban J connectivity index is 2.72. The maximum absolute atomic E-state index is 5.90. The van der Waals surface area contributed by atoms with Crippen LogP contribution < -0.4 is 5.73 Å². The second-order valence-electron chi connectivity index (χ2n) is 2.40. The van der Waals surface area contributed by atoms with E-state index in [-0.39, 0.29) is 0 Å². The Bertz CT molecular complexity index is 265. The van der Waals surface area contributed by atoms with Gasteiger partial charge in [-0.3, -0.25) is 0 Å². The minimum absolute atomic E-state index is 0.612. The van der Waals surface area contributed by atoms with Gasteiger partial charge in [-0.25, -0.2) is 4.98 Å². The fourth-order valence-electron chi connectivity index (χ4n) is 0.745. The Morgan fingerprint density at radius 2 is 2.42 bits per heavy atom. The molecule has 0 bridgehead atoms. The molecule has 0 unspecified atom stereocenters. The number of anilines is 1. The smallest absolute Gasteiger partial charge is 0.115 e. The predicted molar refractivity (Wildman–Crippen MR) is 54.7 cm³/mol. The van der Waals surface area contributed by atoms with Gasteiger partial charge in [0.1, 0.15) is 5.03 Å². The summed E-state index contributed by atoms with van der Waals surface area (Å²) in [5.74, 6) is 1.04. The number of hydrogen-bond acceptors (Lipinski definition) is 3. The average Bonchev–Trinajstić information content (AvgIpc) is 2.03. The van der Waals surface area contributed by atoms with Crippen molar-refractivity contribution in [2.75, 3.05) is 11.5 Å². The van der Waals surface area contributed by atoms with E-state index in [9.17, 15) is 0 Å². The quantitative estimate of drug-likeness (QED) is 0.767. The van der Waals surface area contributed by atoms with Crippen LogP contribution in [0.5, 0.6) is 0 Å². The van der Waals surface area contributed by atoms with E-state index in [0.717, 1.165) is 17.2 Å². The van der Waals surface area contributed by atoms with Gasteiger partial charge in [0.2, 0.25) is 0 Å². The number of rotatable bonds is 3. The first-order chi connectivity index (χ1) is 5.74. The number of halogens is 1. The highest BCUT2D eigenvalue weighted by Gasteiger charge is 2.01. The third-order valence-corrected chi connectivity index (χ3v) is 2.88. The lowest BCUT2D eigenvalue weighted by molar-refractivity contribution is 1.08. The van der Waals surface area contributed by atoms with Gasteiger partial charge < -0.3 is 5.73 Å². The van der Waals surface area contributed by atoms with Gasteiger partial charge in [0.05, 0.1) is 16.9 Å². The summed E-state index contributed by atoms with van der Waals surface area (Å²) < 4.78 is 0. The van der Waals surface area contributed by atoms with Gasteiger partial charge in [0.15, 0.2) is 0 Å². The van der Waals surface area contributed by atoms with Crippen LogP contribution in [0.4, 0.5) is 5.69 Å². The van der Waals surface area contributed by atoms with E-state index < -0.39 is 0 Å². The van der Waals surface area contributed by atoms with Gasteiger partial charge in [-0.1, -0.05) is 18.5 Å². The van der Waals surface area contributed by atoms with Crippen molar-refractivity contribution in [3.05, 3.63) is 17.3 Å². The fourth-order valence-corrected chi connectivity index (χ4v) is 1.81. The standard InChI is InChI=1S/C8H11ClN2S/c1-2-3-12-8-7(9)4-6(10)5-11-8/h4-5H,2-3,10H2,1H3. The van der Waals surface area contributed by atoms with Gasteiger partial charge in [0.25, 0.3) is 0 Å². The SMILES string of the molecule is CCCSc1ncc(N)cc1Cl. The molecule has 2 nitrogen and oxygen atoms in total. The number of hydrogen-bond donors (Lipinski definition) is 1. The van der Waals surface area contributed by atoms with Crippen molar-refractivity contribution in [2.24, 2.45) is 0 Å². The van der Waals surface area contributed by atoms with Crippen LogP contribution in [0, 0.1) is 0 Å². The molecule has 0 aliphatic heterocycles. The third-order valence-electron chi connectivity index (χ3n) is 1.27. The molecular weight excluding hydrogens is 192 g/mol. The predicted octanol–water partition coefficient (Wildman–Crippen LogP) is 2.82. The summed E-state index contributed by atoms with van der Waals surface area (Å²) in [5, 5.41) is 1.51. The normalized spacial score (nSPS) is 10.2. The number of nitrogens with two attached hydrogens (primary N) is 1. The van der Waals surface area contributed by atoms with Crippen molar-refractivity contribution in [3.63, 3.8) is 0 Å². The second-order valence-corrected chi connectivity index (χ2v) is 3.89. The average molecular weight is 203 g/mol. The summed E-state index contributed by atoms with van der Waals surface area (Å²) in [5.41, 5.74) is 6.11. The summed E-state index contributed by atoms with van der Waals surface area (Å²) in [4.78, 5) is 4.12. The summed E-state index contributed by atoms with van der Waals surface area (Å²) in [6, 6.07) is 1.73. The van der Waals surface area contributed by atoms with Crippen molar-refractivity contribution >= 4 is 29.1 Å². The Morgan fingerprint density at radius 3 is 3.00 bits per heavy atom. The fraction of sp³-hybridized carbons (Fsp3) is 0.375. The Morgan fingerprint density at radius 1 is 1.67 bits per heavy atom. The largest absolute Gasteiger partial charge is 0.397 e. The number of pyridine rings is 1. The van der Waals surface area contributed by atoms with Crippen molar-refractivity contribution in [3.8, 4) is 0 Å². The molecule has 0 aliphatic rings. The zero-order chi connectivity index (χ0) is 8.97. The van der Waals surface area contributed by atoms with E-state index in [0.29, 0.717) is 10.7 Å². The topological polar surface area (TPSA) is 38.9 Å². The molecule has 0 aliphatic carbocycles. The van der Waals surface area contributed by atoms with Crippen LogP contribution in [0.25, 0.3) is 0 Å². The van der Waals surface area contributed by atoms with Crippen LogP contribution in [0.15, 0.2) is 17.3 Å². The zero-order valence-electron chi connectivity index (χ0n) is 6.88. The second kappa shape index (κ2) is 4.58. The molecule has 1 heterocycles. The lowest BCUT2D eigenvalue weighted by atomic mass is 10.4. The van der Waals surface area contributed by atoms with Crippen LogP contribution in [0.1, 0.15) is 13.3 Å². The lowest BCUT2D eigenvalue weighted by Gasteiger charge is -2.01. The molecule has 0 atom stereocenters. The number of nitrogens with zero attached hydrogens (tertiary/aromatic N) is 1. The Labute approximate surface area is 81.5 Å². The molecule has 12 heavy (non-hydrogen) atoms. The zero-order valence-corrected chi connectivity index (χ0v) is 8.45. The molecule has 0 saturated carbocycles. The number of aromatic nitrogens is 1. The van der Waals surface area contributed by atoms with E-state index in [4.69, 9.17) is 17.3 Å². The molecule has 0 amide bonds. The number of nitrogen functional groups attached to an aromatic ring is 1. The lowest BCUT2D eigenvalue weighted by Crippen LogP contribution is -1.89. The highest BCUT2D eigenvalue weighted by molar-refractivity contribution is 7.99. The summed E-state index contributed by atoms with van der Waals surface area (Å²) in [7, 11) is 0. The highest BCUT2D eigenvalue weighted by Crippen LogP contribution is 2.26. The van der Waals surface area contributed by atoms with Crippen molar-refractivity contribution in [1.29, 1.82) is 0 Å². The molecule has 1 aromatic heterocycles. The Hall–Kier alpha value is -0.410. The molecule has 4 heteroatoms. The first-order valence-electron chi connectivity index (χ1n) is 3.78.